The van der Waals surface area contributed by atoms with Gasteiger partial charge in [-0.25, -0.2) is 4.79 Å². The van der Waals surface area contributed by atoms with Crippen LogP contribution in [0.2, 0.25) is 0 Å². The van der Waals surface area contributed by atoms with E-state index in [1.165, 1.54) is 28.7 Å². The number of ether oxygens (including phenoxy) is 1. The van der Waals surface area contributed by atoms with E-state index in [1.54, 1.807) is 6.92 Å². The molecule has 37 heavy (non-hydrogen) atoms. The molecular formula is C31H31NO3S2. The Morgan fingerprint density at radius 1 is 0.919 bits per heavy atom. The molecule has 4 aromatic rings. The Morgan fingerprint density at radius 2 is 1.54 bits per heavy atom. The lowest BCUT2D eigenvalue weighted by Gasteiger charge is -2.19. The SMILES string of the molecule is CCOC(=O)c1c(-c2ccc(C(C)(C)C)cc2)csc1NC(=O)C(Sc1ccccc1)c1ccccc1. The van der Waals surface area contributed by atoms with Crippen LogP contribution in [0.3, 0.4) is 0 Å². The largest absolute Gasteiger partial charge is 0.462 e. The molecule has 0 spiro atoms. The quantitative estimate of drug-likeness (QED) is 0.184. The van der Waals surface area contributed by atoms with Gasteiger partial charge in [0.15, 0.2) is 0 Å². The molecule has 4 nitrogen and oxygen atoms in total. The fourth-order valence-corrected chi connectivity index (χ4v) is 5.94. The van der Waals surface area contributed by atoms with E-state index in [2.05, 4.69) is 38.2 Å². The first kappa shape index (κ1) is 26.7. The summed E-state index contributed by atoms with van der Waals surface area (Å²) in [5, 5.41) is 4.97. The summed E-state index contributed by atoms with van der Waals surface area (Å²) in [7, 11) is 0. The molecule has 4 rings (SSSR count). The molecule has 3 aromatic carbocycles. The maximum Gasteiger partial charge on any atom is 0.341 e. The number of thioether (sulfide) groups is 1. The number of nitrogens with one attached hydrogen (secondary N) is 1. The van der Waals surface area contributed by atoms with Crippen molar-refractivity contribution in [3.8, 4) is 11.1 Å². The minimum atomic E-state index is -0.490. The number of amides is 1. The maximum atomic E-state index is 13.7. The highest BCUT2D eigenvalue weighted by atomic mass is 32.2. The lowest BCUT2D eigenvalue weighted by Crippen LogP contribution is -2.20. The number of esters is 1. The van der Waals surface area contributed by atoms with Crippen molar-refractivity contribution in [2.24, 2.45) is 0 Å². The summed E-state index contributed by atoms with van der Waals surface area (Å²) in [5.41, 5.74) is 4.18. The van der Waals surface area contributed by atoms with Crippen LogP contribution in [-0.4, -0.2) is 18.5 Å². The molecule has 0 aliphatic rings. The lowest BCUT2D eigenvalue weighted by atomic mass is 9.86. The van der Waals surface area contributed by atoms with E-state index in [0.29, 0.717) is 10.6 Å². The molecule has 190 valence electrons. The van der Waals surface area contributed by atoms with Crippen LogP contribution in [0.4, 0.5) is 5.00 Å². The topological polar surface area (TPSA) is 55.4 Å². The van der Waals surface area contributed by atoms with E-state index in [0.717, 1.165) is 21.6 Å². The van der Waals surface area contributed by atoms with Crippen molar-refractivity contribution >= 4 is 40.0 Å². The number of hydrogen-bond acceptors (Lipinski definition) is 5. The van der Waals surface area contributed by atoms with Gasteiger partial charge >= 0.3 is 5.97 Å². The predicted octanol–water partition coefficient (Wildman–Crippen LogP) is 8.36. The van der Waals surface area contributed by atoms with E-state index < -0.39 is 11.2 Å². The average molecular weight is 530 g/mol. The van der Waals surface area contributed by atoms with Crippen LogP contribution in [0.5, 0.6) is 0 Å². The summed E-state index contributed by atoms with van der Waals surface area (Å²) in [6, 6.07) is 27.7. The van der Waals surface area contributed by atoms with Gasteiger partial charge < -0.3 is 10.1 Å². The Morgan fingerprint density at radius 3 is 2.14 bits per heavy atom. The Balaban J connectivity index is 1.68. The van der Waals surface area contributed by atoms with Crippen LogP contribution in [0.25, 0.3) is 11.1 Å². The molecule has 6 heteroatoms. The molecule has 1 aromatic heterocycles. The highest BCUT2D eigenvalue weighted by Crippen LogP contribution is 2.40. The molecule has 0 saturated heterocycles. The smallest absolute Gasteiger partial charge is 0.341 e. The fraction of sp³-hybridized carbons (Fsp3) is 0.226. The molecule has 1 heterocycles. The van der Waals surface area contributed by atoms with E-state index in [-0.39, 0.29) is 17.9 Å². The van der Waals surface area contributed by atoms with Crippen molar-refractivity contribution in [3.63, 3.8) is 0 Å². The van der Waals surface area contributed by atoms with Gasteiger partial charge in [0, 0.05) is 15.8 Å². The first-order chi connectivity index (χ1) is 17.8. The number of thiophene rings is 1. The second-order valence-corrected chi connectivity index (χ2v) is 11.7. The molecule has 1 amide bonds. The zero-order valence-corrected chi connectivity index (χ0v) is 23.1. The van der Waals surface area contributed by atoms with Crippen LogP contribution in [0.15, 0.2) is 95.2 Å². The van der Waals surface area contributed by atoms with Gasteiger partial charge in [-0.3, -0.25) is 4.79 Å². The normalized spacial score (nSPS) is 12.1. The van der Waals surface area contributed by atoms with Gasteiger partial charge in [-0.2, -0.15) is 0 Å². The third-order valence-corrected chi connectivity index (χ3v) is 8.07. The van der Waals surface area contributed by atoms with Crippen molar-refractivity contribution in [1.29, 1.82) is 0 Å². The fourth-order valence-electron chi connectivity index (χ4n) is 3.93. The lowest BCUT2D eigenvalue weighted by molar-refractivity contribution is -0.115. The number of hydrogen-bond donors (Lipinski definition) is 1. The third kappa shape index (κ3) is 6.51. The Kier molecular flexibility index (Phi) is 8.52. The zero-order valence-electron chi connectivity index (χ0n) is 21.5. The molecule has 0 fully saturated rings. The summed E-state index contributed by atoms with van der Waals surface area (Å²) >= 11 is 2.82. The summed E-state index contributed by atoms with van der Waals surface area (Å²) in [6.07, 6.45) is 0. The molecule has 1 unspecified atom stereocenters. The molecule has 0 aliphatic heterocycles. The number of anilines is 1. The molecular weight excluding hydrogens is 498 g/mol. The number of carbonyl (C=O) groups is 2. The van der Waals surface area contributed by atoms with E-state index >= 15 is 0 Å². The summed E-state index contributed by atoms with van der Waals surface area (Å²) in [5.74, 6) is -0.636. The molecule has 1 atom stereocenters. The van der Waals surface area contributed by atoms with E-state index in [4.69, 9.17) is 4.74 Å². The number of benzene rings is 3. The number of carbonyl (C=O) groups excluding carboxylic acids is 2. The van der Waals surface area contributed by atoms with E-state index in [1.807, 2.05) is 78.2 Å². The van der Waals surface area contributed by atoms with Gasteiger partial charge in [0.1, 0.15) is 15.8 Å². The number of rotatable bonds is 8. The molecule has 0 bridgehead atoms. The monoisotopic (exact) mass is 529 g/mol. The Bertz CT molecular complexity index is 1340. The standard InChI is InChI=1S/C31H31NO3S2/c1-5-35-30(34)26-25(21-16-18-23(19-17-21)31(2,3)4)20-36-29(26)32-28(33)27(22-12-8-6-9-13-22)37-24-14-10-7-11-15-24/h6-20,27H,5H2,1-4H3,(H,32,33). The Labute approximate surface area is 227 Å². The molecule has 0 radical (unpaired) electrons. The van der Waals surface area contributed by atoms with Gasteiger partial charge in [-0.05, 0) is 41.2 Å². The molecule has 0 saturated carbocycles. The minimum Gasteiger partial charge on any atom is -0.462 e. The zero-order chi connectivity index (χ0) is 26.4. The van der Waals surface area contributed by atoms with Crippen molar-refractivity contribution in [2.45, 2.75) is 43.3 Å². The highest BCUT2D eigenvalue weighted by Gasteiger charge is 2.27. The first-order valence-corrected chi connectivity index (χ1v) is 14.0. The van der Waals surface area contributed by atoms with Crippen molar-refractivity contribution in [1.82, 2.24) is 0 Å². The van der Waals surface area contributed by atoms with Crippen LogP contribution in [0.1, 0.15) is 54.4 Å². The van der Waals surface area contributed by atoms with Gasteiger partial charge in [-0.1, -0.05) is 93.6 Å². The van der Waals surface area contributed by atoms with Crippen LogP contribution in [-0.2, 0) is 14.9 Å². The Hall–Kier alpha value is -3.35. The van der Waals surface area contributed by atoms with Crippen LogP contribution >= 0.6 is 23.1 Å². The second kappa shape index (κ2) is 11.8. The molecule has 1 N–H and O–H groups in total. The van der Waals surface area contributed by atoms with Crippen LogP contribution in [0, 0.1) is 0 Å². The minimum absolute atomic E-state index is 0.0269. The van der Waals surface area contributed by atoms with Crippen molar-refractivity contribution in [3.05, 3.63) is 107 Å². The first-order valence-electron chi connectivity index (χ1n) is 12.2. The van der Waals surface area contributed by atoms with Gasteiger partial charge in [-0.15, -0.1) is 23.1 Å². The molecule has 0 aliphatic carbocycles. The van der Waals surface area contributed by atoms with Crippen molar-refractivity contribution in [2.75, 3.05) is 11.9 Å². The van der Waals surface area contributed by atoms with Crippen LogP contribution < -0.4 is 5.32 Å². The predicted molar refractivity (Wildman–Crippen MR) is 155 cm³/mol. The second-order valence-electron chi connectivity index (χ2n) is 9.61. The van der Waals surface area contributed by atoms with Gasteiger partial charge in [0.2, 0.25) is 5.91 Å². The van der Waals surface area contributed by atoms with E-state index in [9.17, 15) is 9.59 Å². The van der Waals surface area contributed by atoms with Gasteiger partial charge in [0.05, 0.1) is 6.61 Å². The summed E-state index contributed by atoms with van der Waals surface area (Å²) < 4.78 is 5.40. The van der Waals surface area contributed by atoms with Gasteiger partial charge in [0.25, 0.3) is 0 Å². The van der Waals surface area contributed by atoms with Crippen molar-refractivity contribution < 1.29 is 14.3 Å². The third-order valence-electron chi connectivity index (χ3n) is 5.91. The highest BCUT2D eigenvalue weighted by molar-refractivity contribution is 8.00. The summed E-state index contributed by atoms with van der Waals surface area (Å²) in [6.45, 7) is 8.53. The average Bonchev–Trinajstić information content (AvgIpc) is 3.31. The summed E-state index contributed by atoms with van der Waals surface area (Å²) in [4.78, 5) is 27.7. The maximum absolute atomic E-state index is 13.7.